The molecule has 0 bridgehead atoms. The Morgan fingerprint density at radius 1 is 1.29 bits per heavy atom. The summed E-state index contributed by atoms with van der Waals surface area (Å²) < 4.78 is 1.74. The molecule has 24 heavy (non-hydrogen) atoms. The van der Waals surface area contributed by atoms with Gasteiger partial charge in [-0.15, -0.1) is 0 Å². The number of hydrogen-bond donors (Lipinski definition) is 1. The summed E-state index contributed by atoms with van der Waals surface area (Å²) in [6, 6.07) is 10.0. The van der Waals surface area contributed by atoms with Gasteiger partial charge in [-0.3, -0.25) is 5.10 Å². The van der Waals surface area contributed by atoms with Gasteiger partial charge < -0.3 is 0 Å². The lowest BCUT2D eigenvalue weighted by molar-refractivity contribution is 0.950. The Morgan fingerprint density at radius 3 is 2.92 bits per heavy atom. The van der Waals surface area contributed by atoms with Crippen LogP contribution in [0.1, 0.15) is 11.3 Å². The molecule has 0 atom stereocenters. The fourth-order valence-electron chi connectivity index (χ4n) is 2.55. The van der Waals surface area contributed by atoms with Gasteiger partial charge in [0.1, 0.15) is 11.1 Å². The molecule has 0 aliphatic rings. The van der Waals surface area contributed by atoms with Crippen LogP contribution in [0.2, 0.25) is 0 Å². The molecule has 0 radical (unpaired) electrons. The van der Waals surface area contributed by atoms with Crippen LogP contribution in [0.25, 0.3) is 16.6 Å². The molecule has 116 valence electrons. The van der Waals surface area contributed by atoms with E-state index in [1.54, 1.807) is 23.1 Å². The lowest BCUT2D eigenvalue weighted by Crippen LogP contribution is -1.93. The molecule has 0 saturated carbocycles. The third-order valence-corrected chi connectivity index (χ3v) is 4.67. The first kappa shape index (κ1) is 14.5. The van der Waals surface area contributed by atoms with E-state index in [-0.39, 0.29) is 0 Å². The highest BCUT2D eigenvalue weighted by Gasteiger charge is 2.15. The van der Waals surface area contributed by atoms with Crippen LogP contribution in [-0.2, 0) is 0 Å². The van der Waals surface area contributed by atoms with E-state index < -0.39 is 0 Å². The van der Waals surface area contributed by atoms with E-state index in [9.17, 15) is 5.26 Å². The van der Waals surface area contributed by atoms with Gasteiger partial charge in [-0.1, -0.05) is 17.8 Å². The average Bonchev–Trinajstić information content (AvgIpc) is 3.21. The monoisotopic (exact) mass is 332 g/mol. The Morgan fingerprint density at radius 2 is 2.21 bits per heavy atom. The molecule has 4 rings (SSSR count). The quantitative estimate of drug-likeness (QED) is 0.621. The first-order valence-electron chi connectivity index (χ1n) is 7.27. The molecule has 0 unspecified atom stereocenters. The van der Waals surface area contributed by atoms with Crippen LogP contribution in [0.5, 0.6) is 0 Å². The van der Waals surface area contributed by atoms with E-state index in [1.807, 2.05) is 31.3 Å². The number of fused-ring (bicyclic) bond motifs is 1. The summed E-state index contributed by atoms with van der Waals surface area (Å²) in [4.78, 5) is 5.29. The second kappa shape index (κ2) is 5.83. The summed E-state index contributed by atoms with van der Waals surface area (Å²) in [6.45, 7) is 1.97. The van der Waals surface area contributed by atoms with Crippen molar-refractivity contribution in [3.63, 3.8) is 0 Å². The van der Waals surface area contributed by atoms with Crippen molar-refractivity contribution in [2.75, 3.05) is 0 Å². The molecule has 7 heteroatoms. The second-order valence-corrected chi connectivity index (χ2v) is 6.30. The second-order valence-electron chi connectivity index (χ2n) is 5.23. The summed E-state index contributed by atoms with van der Waals surface area (Å²) in [6.07, 6.45) is 7.05. The number of H-pyrrole nitrogens is 1. The highest BCUT2D eigenvalue weighted by Crippen LogP contribution is 2.35. The van der Waals surface area contributed by atoms with E-state index in [2.05, 4.69) is 32.4 Å². The molecule has 4 aromatic rings. The van der Waals surface area contributed by atoms with Crippen LogP contribution in [0, 0.1) is 18.3 Å². The number of nitriles is 1. The molecule has 4 aromatic heterocycles. The van der Waals surface area contributed by atoms with Crippen LogP contribution in [0.15, 0.2) is 59.0 Å². The van der Waals surface area contributed by atoms with Gasteiger partial charge in [0.05, 0.1) is 23.5 Å². The van der Waals surface area contributed by atoms with E-state index in [1.165, 1.54) is 11.8 Å². The van der Waals surface area contributed by atoms with Crippen molar-refractivity contribution in [2.45, 2.75) is 16.8 Å². The molecule has 0 aromatic carbocycles. The summed E-state index contributed by atoms with van der Waals surface area (Å²) in [5.74, 6) is 0. The van der Waals surface area contributed by atoms with Gasteiger partial charge in [0.2, 0.25) is 0 Å². The molecular weight excluding hydrogens is 320 g/mol. The molecule has 0 aliphatic heterocycles. The predicted molar refractivity (Wildman–Crippen MR) is 90.6 cm³/mol. The van der Waals surface area contributed by atoms with Crippen LogP contribution < -0.4 is 0 Å². The Hall–Kier alpha value is -3.11. The van der Waals surface area contributed by atoms with E-state index in [4.69, 9.17) is 0 Å². The lowest BCUT2D eigenvalue weighted by atomic mass is 10.1. The van der Waals surface area contributed by atoms with Gasteiger partial charge in [0, 0.05) is 34.1 Å². The van der Waals surface area contributed by atoms with Crippen LogP contribution in [-0.4, -0.2) is 24.8 Å². The Balaban J connectivity index is 1.93. The van der Waals surface area contributed by atoms with E-state index >= 15 is 0 Å². The minimum atomic E-state index is 0.545. The fourth-order valence-corrected chi connectivity index (χ4v) is 3.52. The fraction of sp³-hybridized carbons (Fsp3) is 0.0588. The number of rotatable bonds is 3. The molecule has 6 nitrogen and oxygen atoms in total. The standard InChI is InChI=1S/C17H12N6S/c1-11-14(9-20-22-11)12-6-15(24-16-4-2-3-5-19-16)17-13(7-18)8-21-23(17)10-12/h2-6,8-10H,1H3,(H,20,22). The largest absolute Gasteiger partial charge is 0.282 e. The van der Waals surface area contributed by atoms with Crippen molar-refractivity contribution in [3.05, 3.63) is 60.3 Å². The summed E-state index contributed by atoms with van der Waals surface area (Å²) in [5.41, 5.74) is 4.31. The van der Waals surface area contributed by atoms with Gasteiger partial charge in [-0.2, -0.15) is 15.5 Å². The van der Waals surface area contributed by atoms with Gasteiger partial charge >= 0.3 is 0 Å². The Labute approximate surface area is 142 Å². The first-order valence-corrected chi connectivity index (χ1v) is 8.08. The summed E-state index contributed by atoms with van der Waals surface area (Å²) in [5, 5.41) is 21.6. The molecule has 0 aliphatic carbocycles. The van der Waals surface area contributed by atoms with Gasteiger partial charge in [0.15, 0.2) is 0 Å². The van der Waals surface area contributed by atoms with Crippen molar-refractivity contribution in [3.8, 4) is 17.2 Å². The molecule has 0 spiro atoms. The normalized spacial score (nSPS) is 10.8. The molecule has 0 fully saturated rings. The molecule has 0 amide bonds. The maximum atomic E-state index is 9.37. The van der Waals surface area contributed by atoms with Crippen LogP contribution in [0.3, 0.4) is 0 Å². The average molecular weight is 332 g/mol. The maximum absolute atomic E-state index is 9.37. The zero-order valence-corrected chi connectivity index (χ0v) is 13.6. The van der Waals surface area contributed by atoms with Crippen molar-refractivity contribution < 1.29 is 0 Å². The van der Waals surface area contributed by atoms with Gasteiger partial charge in [-0.05, 0) is 25.1 Å². The highest BCUT2D eigenvalue weighted by molar-refractivity contribution is 7.99. The molecule has 1 N–H and O–H groups in total. The highest BCUT2D eigenvalue weighted by atomic mass is 32.2. The Kier molecular flexibility index (Phi) is 3.52. The number of aryl methyl sites for hydroxylation is 1. The third kappa shape index (κ3) is 2.43. The summed E-state index contributed by atoms with van der Waals surface area (Å²) >= 11 is 1.51. The predicted octanol–water partition coefficient (Wildman–Crippen LogP) is 3.45. The Bertz CT molecular complexity index is 1060. The van der Waals surface area contributed by atoms with Gasteiger partial charge in [0.25, 0.3) is 0 Å². The number of hydrogen-bond acceptors (Lipinski definition) is 5. The van der Waals surface area contributed by atoms with E-state index in [0.29, 0.717) is 5.56 Å². The number of aromatic amines is 1. The third-order valence-electron chi connectivity index (χ3n) is 3.69. The van der Waals surface area contributed by atoms with Gasteiger partial charge in [-0.25, -0.2) is 9.50 Å². The van der Waals surface area contributed by atoms with Crippen LogP contribution >= 0.6 is 11.8 Å². The lowest BCUT2D eigenvalue weighted by Gasteiger charge is -2.08. The topological polar surface area (TPSA) is 82.7 Å². The minimum Gasteiger partial charge on any atom is -0.282 e. The molecular formula is C17H12N6S. The molecule has 0 saturated heterocycles. The van der Waals surface area contributed by atoms with Crippen molar-refractivity contribution in [1.29, 1.82) is 5.26 Å². The van der Waals surface area contributed by atoms with Crippen LogP contribution in [0.4, 0.5) is 0 Å². The zero-order chi connectivity index (χ0) is 16.5. The SMILES string of the molecule is Cc1[nH]ncc1-c1cc(Sc2ccccn2)c2c(C#N)cnn2c1. The van der Waals surface area contributed by atoms with Crippen molar-refractivity contribution in [2.24, 2.45) is 0 Å². The number of aromatic nitrogens is 5. The smallest absolute Gasteiger partial charge is 0.103 e. The number of nitrogens with one attached hydrogen (secondary N) is 1. The maximum Gasteiger partial charge on any atom is 0.103 e. The summed E-state index contributed by atoms with van der Waals surface area (Å²) in [7, 11) is 0. The zero-order valence-electron chi connectivity index (χ0n) is 12.8. The van der Waals surface area contributed by atoms with Crippen molar-refractivity contribution >= 4 is 17.3 Å². The van der Waals surface area contributed by atoms with Crippen molar-refractivity contribution in [1.82, 2.24) is 24.8 Å². The number of nitrogens with zero attached hydrogens (tertiary/aromatic N) is 5. The number of pyridine rings is 2. The first-order chi connectivity index (χ1) is 11.8. The minimum absolute atomic E-state index is 0.545. The molecule has 4 heterocycles. The van der Waals surface area contributed by atoms with E-state index in [0.717, 1.165) is 32.3 Å².